The van der Waals surface area contributed by atoms with E-state index in [0.29, 0.717) is 11.3 Å². The van der Waals surface area contributed by atoms with Gasteiger partial charge in [-0.3, -0.25) is 14.7 Å². The Hall–Kier alpha value is -3.80. The Bertz CT molecular complexity index is 1210. The first-order valence-electron chi connectivity index (χ1n) is 11.1. The minimum absolute atomic E-state index is 0.0238. The van der Waals surface area contributed by atoms with Gasteiger partial charge in [0.15, 0.2) is 0 Å². The van der Waals surface area contributed by atoms with E-state index in [2.05, 4.69) is 43.3 Å². The Morgan fingerprint density at radius 3 is 2.52 bits per heavy atom. The normalized spacial score (nSPS) is 14.9. The zero-order chi connectivity index (χ0) is 23.0. The van der Waals surface area contributed by atoms with Gasteiger partial charge in [-0.25, -0.2) is 10.4 Å². The van der Waals surface area contributed by atoms with Gasteiger partial charge in [0.1, 0.15) is 11.6 Å². The van der Waals surface area contributed by atoms with Gasteiger partial charge in [0.05, 0.1) is 11.9 Å². The lowest BCUT2D eigenvalue weighted by atomic mass is 10.1. The fourth-order valence-electron chi connectivity index (χ4n) is 3.91. The molecule has 1 saturated heterocycles. The highest BCUT2D eigenvalue weighted by Crippen LogP contribution is 2.19. The molecular weight excluding hydrogens is 414 g/mol. The first-order chi connectivity index (χ1) is 16.2. The summed E-state index contributed by atoms with van der Waals surface area (Å²) in [6, 6.07) is 19.3. The number of H-pyrrole nitrogens is 1. The molecule has 0 bridgehead atoms. The summed E-state index contributed by atoms with van der Waals surface area (Å²) >= 11 is 0. The zero-order valence-corrected chi connectivity index (χ0v) is 18.7. The topological polar surface area (TPSA) is 100 Å². The quantitative estimate of drug-likeness (QED) is 0.432. The van der Waals surface area contributed by atoms with Crippen LogP contribution in [-0.2, 0) is 6.54 Å². The van der Waals surface area contributed by atoms with E-state index in [1.54, 1.807) is 6.21 Å². The molecule has 8 heteroatoms. The van der Waals surface area contributed by atoms with Gasteiger partial charge in [-0.2, -0.15) is 10.4 Å². The van der Waals surface area contributed by atoms with Gasteiger partial charge < -0.3 is 4.90 Å². The average molecular weight is 442 g/mol. The summed E-state index contributed by atoms with van der Waals surface area (Å²) < 4.78 is 0. The van der Waals surface area contributed by atoms with Crippen molar-refractivity contribution in [1.29, 1.82) is 5.26 Å². The lowest BCUT2D eigenvalue weighted by Crippen LogP contribution is -2.45. The predicted molar refractivity (Wildman–Crippen MR) is 130 cm³/mol. The second-order valence-corrected chi connectivity index (χ2v) is 7.90. The summed E-state index contributed by atoms with van der Waals surface area (Å²) in [7, 11) is 0. The number of anilines is 1. The monoisotopic (exact) mass is 441 g/mol. The summed E-state index contributed by atoms with van der Waals surface area (Å²) in [4.78, 5) is 24.3. The number of piperazine rings is 1. The molecule has 1 fully saturated rings. The molecule has 1 aliphatic heterocycles. The maximum absolute atomic E-state index is 12.4. The first kappa shape index (κ1) is 22.4. The largest absolute Gasteiger partial charge is 0.301 e. The number of nitrogens with zero attached hydrogens (tertiary/aromatic N) is 5. The molecule has 2 aromatic carbocycles. The Morgan fingerprint density at radius 2 is 1.79 bits per heavy atom. The summed E-state index contributed by atoms with van der Waals surface area (Å²) in [5.74, 6) is 0.183. The Morgan fingerprint density at radius 1 is 1.09 bits per heavy atom. The molecule has 0 spiro atoms. The van der Waals surface area contributed by atoms with E-state index in [0.717, 1.165) is 44.8 Å². The van der Waals surface area contributed by atoms with Crippen molar-refractivity contribution in [2.45, 2.75) is 13.5 Å². The summed E-state index contributed by atoms with van der Waals surface area (Å²) in [6.45, 7) is 8.45. The van der Waals surface area contributed by atoms with E-state index in [-0.39, 0.29) is 11.5 Å². The van der Waals surface area contributed by atoms with Gasteiger partial charge in [-0.05, 0) is 17.7 Å². The fourth-order valence-corrected chi connectivity index (χ4v) is 3.91. The van der Waals surface area contributed by atoms with Crippen LogP contribution >= 0.6 is 0 Å². The molecule has 0 radical (unpaired) electrons. The van der Waals surface area contributed by atoms with Crippen molar-refractivity contribution in [2.24, 2.45) is 5.10 Å². The highest BCUT2D eigenvalue weighted by atomic mass is 16.1. The van der Waals surface area contributed by atoms with Crippen molar-refractivity contribution in [3.8, 4) is 17.3 Å². The number of nitrogens with one attached hydrogen (secondary N) is 2. The van der Waals surface area contributed by atoms with Crippen molar-refractivity contribution in [2.75, 3.05) is 38.1 Å². The van der Waals surface area contributed by atoms with E-state index in [9.17, 15) is 10.1 Å². The second-order valence-electron chi connectivity index (χ2n) is 7.90. The minimum atomic E-state index is -0.504. The molecule has 168 valence electrons. The highest BCUT2D eigenvalue weighted by Gasteiger charge is 2.16. The van der Waals surface area contributed by atoms with Crippen LogP contribution in [0.4, 0.5) is 5.95 Å². The number of hydrogen-bond acceptors (Lipinski definition) is 7. The molecule has 4 rings (SSSR count). The lowest BCUT2D eigenvalue weighted by molar-refractivity contribution is 0.132. The van der Waals surface area contributed by atoms with Crippen LogP contribution in [0, 0.1) is 11.3 Å². The van der Waals surface area contributed by atoms with Gasteiger partial charge in [-0.1, -0.05) is 61.5 Å². The average Bonchev–Trinajstić information content (AvgIpc) is 2.86. The van der Waals surface area contributed by atoms with E-state index in [1.807, 2.05) is 54.6 Å². The van der Waals surface area contributed by atoms with Gasteiger partial charge in [-0.15, -0.1) is 0 Å². The summed E-state index contributed by atoms with van der Waals surface area (Å²) in [5.41, 5.74) is 5.50. The lowest BCUT2D eigenvalue weighted by Gasteiger charge is -2.34. The van der Waals surface area contributed by atoms with Crippen LogP contribution in [0.3, 0.4) is 0 Å². The SMILES string of the molecule is CCN1CCN(Cc2ccccc2C=NNc2nc(-c3ccccc3)c(C#N)c(=O)[nH]2)CC1. The van der Waals surface area contributed by atoms with Crippen LogP contribution in [0.25, 0.3) is 11.3 Å². The summed E-state index contributed by atoms with van der Waals surface area (Å²) in [5, 5.41) is 13.7. The third kappa shape index (κ3) is 5.52. The Labute approximate surface area is 193 Å². The van der Waals surface area contributed by atoms with Gasteiger partial charge in [0.2, 0.25) is 5.95 Å². The number of nitriles is 1. The molecule has 0 amide bonds. The molecule has 8 nitrogen and oxygen atoms in total. The number of likely N-dealkylation sites (N-methyl/N-ethyl adjacent to an activating group) is 1. The van der Waals surface area contributed by atoms with Crippen LogP contribution in [0.1, 0.15) is 23.6 Å². The molecule has 33 heavy (non-hydrogen) atoms. The van der Waals surface area contributed by atoms with E-state index in [1.165, 1.54) is 5.56 Å². The van der Waals surface area contributed by atoms with Crippen molar-refractivity contribution in [3.05, 3.63) is 81.6 Å². The second kappa shape index (κ2) is 10.7. The van der Waals surface area contributed by atoms with Gasteiger partial charge in [0, 0.05) is 38.3 Å². The van der Waals surface area contributed by atoms with Crippen LogP contribution in [0.15, 0.2) is 64.5 Å². The molecule has 0 atom stereocenters. The molecule has 2 heterocycles. The molecule has 1 aromatic heterocycles. The minimum Gasteiger partial charge on any atom is -0.301 e. The van der Waals surface area contributed by atoms with Gasteiger partial charge >= 0.3 is 0 Å². The standard InChI is InChI=1S/C25H27N7O/c1-2-31-12-14-32(15-13-31)18-21-11-7-6-10-20(21)17-27-30-25-28-23(19-8-4-3-5-9-19)22(16-26)24(33)29-25/h3-11,17H,2,12-15,18H2,1H3,(H2,28,29,30,33). The zero-order valence-electron chi connectivity index (χ0n) is 18.7. The fraction of sp³-hybridized carbons (Fsp3) is 0.280. The number of hydrazone groups is 1. The van der Waals surface area contributed by atoms with E-state index in [4.69, 9.17) is 0 Å². The number of aromatic nitrogens is 2. The maximum Gasteiger partial charge on any atom is 0.270 e. The number of benzene rings is 2. The van der Waals surface area contributed by atoms with Crippen LogP contribution < -0.4 is 11.0 Å². The Kier molecular flexibility index (Phi) is 7.25. The molecular formula is C25H27N7O. The molecule has 0 unspecified atom stereocenters. The van der Waals surface area contributed by atoms with Crippen molar-refractivity contribution in [3.63, 3.8) is 0 Å². The third-order valence-electron chi connectivity index (χ3n) is 5.81. The maximum atomic E-state index is 12.4. The van der Waals surface area contributed by atoms with E-state index >= 15 is 0 Å². The molecule has 0 aliphatic carbocycles. The third-order valence-corrected chi connectivity index (χ3v) is 5.81. The van der Waals surface area contributed by atoms with Crippen LogP contribution in [-0.4, -0.2) is 58.7 Å². The molecule has 2 N–H and O–H groups in total. The van der Waals surface area contributed by atoms with E-state index < -0.39 is 5.56 Å². The highest BCUT2D eigenvalue weighted by molar-refractivity contribution is 5.82. The van der Waals surface area contributed by atoms with Crippen molar-refractivity contribution >= 4 is 12.2 Å². The number of aromatic amines is 1. The van der Waals surface area contributed by atoms with Crippen molar-refractivity contribution in [1.82, 2.24) is 19.8 Å². The molecule has 0 saturated carbocycles. The molecule has 3 aromatic rings. The summed E-state index contributed by atoms with van der Waals surface area (Å²) in [6.07, 6.45) is 1.73. The number of hydrogen-bond donors (Lipinski definition) is 2. The van der Waals surface area contributed by atoms with Crippen LogP contribution in [0.2, 0.25) is 0 Å². The van der Waals surface area contributed by atoms with Crippen molar-refractivity contribution < 1.29 is 0 Å². The smallest absolute Gasteiger partial charge is 0.270 e. The molecule has 1 aliphatic rings. The predicted octanol–water partition coefficient (Wildman–Crippen LogP) is 2.89. The first-order valence-corrected chi connectivity index (χ1v) is 11.1. The van der Waals surface area contributed by atoms with Gasteiger partial charge in [0.25, 0.3) is 5.56 Å². The Balaban J connectivity index is 1.50. The van der Waals surface area contributed by atoms with Crippen LogP contribution in [0.5, 0.6) is 0 Å². The number of rotatable bonds is 7.